The molecule has 0 fully saturated rings. The second kappa shape index (κ2) is 5.51. The highest BCUT2D eigenvalue weighted by atomic mass is 32.2. The Morgan fingerprint density at radius 3 is 2.56 bits per heavy atom. The van der Waals surface area contributed by atoms with Gasteiger partial charge in [-0.05, 0) is 19.1 Å². The maximum absolute atomic E-state index is 11.7. The highest BCUT2D eigenvalue weighted by Crippen LogP contribution is 2.17. The summed E-state index contributed by atoms with van der Waals surface area (Å²) in [6.45, 7) is 1.27. The molecule has 0 aliphatic heterocycles. The molecule has 1 aromatic carbocycles. The fourth-order valence-electron chi connectivity index (χ4n) is 1.22. The van der Waals surface area contributed by atoms with Crippen LogP contribution in [-0.2, 0) is 10.0 Å². The van der Waals surface area contributed by atoms with Crippen LogP contribution in [0.1, 0.15) is 17.3 Å². The molecule has 0 aromatic heterocycles. The Bertz CT molecular complexity index is 590. The van der Waals surface area contributed by atoms with Crippen LogP contribution in [0.5, 0.6) is 0 Å². The Morgan fingerprint density at radius 1 is 1.39 bits per heavy atom. The van der Waals surface area contributed by atoms with Crippen LogP contribution in [-0.4, -0.2) is 26.6 Å². The molecule has 1 rings (SSSR count). The summed E-state index contributed by atoms with van der Waals surface area (Å²) in [5.74, 6) is -0.405. The first-order chi connectivity index (χ1) is 8.42. The van der Waals surface area contributed by atoms with E-state index < -0.39 is 21.2 Å². The predicted molar refractivity (Wildman–Crippen MR) is 67.4 cm³/mol. The summed E-state index contributed by atoms with van der Waals surface area (Å²) < 4.78 is 25.7. The average Bonchev–Trinajstić information content (AvgIpc) is 2.37. The number of para-hydroxylation sites is 1. The molecule has 0 bridgehead atoms. The Morgan fingerprint density at radius 2 is 2.00 bits per heavy atom. The van der Waals surface area contributed by atoms with Gasteiger partial charge in [-0.2, -0.15) is 5.26 Å². The van der Waals surface area contributed by atoms with Crippen LogP contribution in [0.2, 0.25) is 0 Å². The molecular weight excluding hydrogens is 254 g/mol. The summed E-state index contributed by atoms with van der Waals surface area (Å²) in [6, 6.07) is 7.82. The van der Waals surface area contributed by atoms with Crippen LogP contribution >= 0.6 is 0 Å². The van der Waals surface area contributed by atoms with E-state index >= 15 is 0 Å². The van der Waals surface area contributed by atoms with Crippen molar-refractivity contribution in [1.29, 1.82) is 5.26 Å². The van der Waals surface area contributed by atoms with E-state index in [0.717, 1.165) is 0 Å². The number of sulfonamides is 1. The zero-order chi connectivity index (χ0) is 13.8. The first kappa shape index (κ1) is 14.0. The topological polar surface area (TPSA) is 99.1 Å². The van der Waals surface area contributed by atoms with Crippen molar-refractivity contribution >= 4 is 21.6 Å². The lowest BCUT2D eigenvalue weighted by molar-refractivity contribution is 0.0964. The molecule has 0 spiro atoms. The Hall–Kier alpha value is -2.07. The van der Waals surface area contributed by atoms with E-state index in [-0.39, 0.29) is 11.3 Å². The summed E-state index contributed by atoms with van der Waals surface area (Å²) >= 11 is 0. The normalized spacial score (nSPS) is 12.3. The van der Waals surface area contributed by atoms with Crippen LogP contribution in [0.25, 0.3) is 0 Å². The van der Waals surface area contributed by atoms with Crippen molar-refractivity contribution in [3.05, 3.63) is 29.8 Å². The minimum Gasteiger partial charge on any atom is -0.355 e. The first-order valence-electron chi connectivity index (χ1n) is 5.14. The third kappa shape index (κ3) is 2.99. The van der Waals surface area contributed by atoms with E-state index in [1.165, 1.54) is 26.1 Å². The van der Waals surface area contributed by atoms with Crippen LogP contribution in [0.4, 0.5) is 5.69 Å². The Labute approximate surface area is 106 Å². The monoisotopic (exact) mass is 267 g/mol. The summed E-state index contributed by atoms with van der Waals surface area (Å²) in [5.41, 5.74) is 0.354. The second-order valence-corrected chi connectivity index (χ2v) is 5.54. The highest BCUT2D eigenvalue weighted by Gasteiger charge is 2.22. The van der Waals surface area contributed by atoms with Gasteiger partial charge in [0.1, 0.15) is 0 Å². The van der Waals surface area contributed by atoms with E-state index in [2.05, 4.69) is 10.0 Å². The second-order valence-electron chi connectivity index (χ2n) is 3.54. The van der Waals surface area contributed by atoms with Gasteiger partial charge in [-0.3, -0.25) is 9.52 Å². The van der Waals surface area contributed by atoms with Gasteiger partial charge in [-0.1, -0.05) is 12.1 Å². The largest absolute Gasteiger partial charge is 0.355 e. The maximum Gasteiger partial charge on any atom is 0.253 e. The van der Waals surface area contributed by atoms with Gasteiger partial charge in [0.25, 0.3) is 5.91 Å². The lowest BCUT2D eigenvalue weighted by Crippen LogP contribution is -2.26. The quantitative estimate of drug-likeness (QED) is 0.838. The molecule has 0 saturated carbocycles. The molecule has 6 nitrogen and oxygen atoms in total. The molecule has 0 radical (unpaired) electrons. The van der Waals surface area contributed by atoms with E-state index in [9.17, 15) is 13.2 Å². The molecule has 96 valence electrons. The Kier molecular flexibility index (Phi) is 4.28. The number of anilines is 1. The van der Waals surface area contributed by atoms with E-state index in [4.69, 9.17) is 5.26 Å². The van der Waals surface area contributed by atoms with E-state index in [0.29, 0.717) is 0 Å². The number of nitriles is 1. The van der Waals surface area contributed by atoms with Crippen LogP contribution in [0.15, 0.2) is 24.3 Å². The molecule has 1 amide bonds. The standard InChI is InChI=1S/C11H13N3O3S/c1-8(7-12)18(16,17)14-10-6-4-3-5-9(10)11(15)13-2/h3-6,8,14H,1-2H3,(H,13,15)/t8-/m1/s1. The van der Waals surface area contributed by atoms with E-state index in [1.54, 1.807) is 18.2 Å². The smallest absolute Gasteiger partial charge is 0.253 e. The number of hydrogen-bond acceptors (Lipinski definition) is 4. The molecule has 2 N–H and O–H groups in total. The zero-order valence-electron chi connectivity index (χ0n) is 9.97. The van der Waals surface area contributed by atoms with E-state index in [1.807, 2.05) is 0 Å². The van der Waals surface area contributed by atoms with Crippen molar-refractivity contribution in [3.63, 3.8) is 0 Å². The molecule has 0 saturated heterocycles. The minimum atomic E-state index is -3.82. The number of carbonyl (C=O) groups is 1. The number of nitrogens with zero attached hydrogens (tertiary/aromatic N) is 1. The fraction of sp³-hybridized carbons (Fsp3) is 0.273. The molecule has 7 heteroatoms. The fourth-order valence-corrected chi connectivity index (χ4v) is 2.02. The molecule has 0 unspecified atom stereocenters. The van der Waals surface area contributed by atoms with Crippen LogP contribution < -0.4 is 10.0 Å². The Balaban J connectivity index is 3.14. The van der Waals surface area contributed by atoms with Gasteiger partial charge in [0.2, 0.25) is 10.0 Å². The molecule has 1 atom stereocenters. The molecular formula is C11H13N3O3S. The van der Waals surface area contributed by atoms with Gasteiger partial charge >= 0.3 is 0 Å². The number of nitrogens with one attached hydrogen (secondary N) is 2. The van der Waals surface area contributed by atoms with Gasteiger partial charge in [-0.15, -0.1) is 0 Å². The predicted octanol–water partition coefficient (Wildman–Crippen LogP) is 0.700. The lowest BCUT2D eigenvalue weighted by atomic mass is 10.2. The van der Waals surface area contributed by atoms with Gasteiger partial charge in [0.15, 0.2) is 5.25 Å². The summed E-state index contributed by atoms with van der Waals surface area (Å²) in [4.78, 5) is 11.5. The van der Waals surface area contributed by atoms with Crippen molar-refractivity contribution in [2.75, 3.05) is 11.8 Å². The molecule has 18 heavy (non-hydrogen) atoms. The minimum absolute atomic E-state index is 0.152. The lowest BCUT2D eigenvalue weighted by Gasteiger charge is -2.12. The van der Waals surface area contributed by atoms with Gasteiger partial charge in [0.05, 0.1) is 17.3 Å². The molecule has 0 aliphatic carbocycles. The highest BCUT2D eigenvalue weighted by molar-refractivity contribution is 7.93. The summed E-state index contributed by atoms with van der Waals surface area (Å²) in [6.07, 6.45) is 0. The van der Waals surface area contributed by atoms with Crippen LogP contribution in [0.3, 0.4) is 0 Å². The van der Waals surface area contributed by atoms with Gasteiger partial charge in [-0.25, -0.2) is 8.42 Å². The zero-order valence-corrected chi connectivity index (χ0v) is 10.8. The maximum atomic E-state index is 11.7. The van der Waals surface area contributed by atoms with Gasteiger partial charge < -0.3 is 5.32 Å². The van der Waals surface area contributed by atoms with Crippen molar-refractivity contribution in [2.24, 2.45) is 0 Å². The van der Waals surface area contributed by atoms with Crippen LogP contribution in [0, 0.1) is 11.3 Å². The number of amides is 1. The summed E-state index contributed by atoms with van der Waals surface area (Å²) in [7, 11) is -2.37. The molecule has 1 aromatic rings. The number of carbonyl (C=O) groups excluding carboxylic acids is 1. The van der Waals surface area contributed by atoms with Crippen molar-refractivity contribution in [1.82, 2.24) is 5.32 Å². The van der Waals surface area contributed by atoms with Crippen molar-refractivity contribution in [2.45, 2.75) is 12.2 Å². The summed E-state index contributed by atoms with van der Waals surface area (Å²) in [5, 5.41) is 9.84. The number of hydrogen-bond donors (Lipinski definition) is 2. The molecule has 0 aliphatic rings. The number of rotatable bonds is 4. The van der Waals surface area contributed by atoms with Crippen molar-refractivity contribution < 1.29 is 13.2 Å². The third-order valence-electron chi connectivity index (χ3n) is 2.30. The third-order valence-corrected chi connectivity index (χ3v) is 3.84. The van der Waals surface area contributed by atoms with Gasteiger partial charge in [0, 0.05) is 7.05 Å². The first-order valence-corrected chi connectivity index (χ1v) is 6.69. The molecule has 0 heterocycles. The van der Waals surface area contributed by atoms with Crippen molar-refractivity contribution in [3.8, 4) is 6.07 Å². The SMILES string of the molecule is CNC(=O)c1ccccc1NS(=O)(=O)[C@H](C)C#N. The average molecular weight is 267 g/mol. The number of benzene rings is 1.